The lowest BCUT2D eigenvalue weighted by Crippen LogP contribution is -2.57. The minimum Gasteiger partial charge on any atom is -0.375 e. The fraction of sp³-hybridized carbons (Fsp3) is 0.533. The highest BCUT2D eigenvalue weighted by molar-refractivity contribution is 5.90. The van der Waals surface area contributed by atoms with Gasteiger partial charge in [-0.3, -0.25) is 4.79 Å². The van der Waals surface area contributed by atoms with Gasteiger partial charge in [-0.05, 0) is 38.8 Å². The molecular formula is C15H21NO2. The number of amides is 1. The molecule has 1 aromatic rings. The maximum Gasteiger partial charge on any atom is 0.260 e. The van der Waals surface area contributed by atoms with Crippen LogP contribution in [-0.4, -0.2) is 28.0 Å². The summed E-state index contributed by atoms with van der Waals surface area (Å²) in [6, 6.07) is 7.79. The number of benzene rings is 1. The minimum absolute atomic E-state index is 0.0919. The molecule has 0 aromatic heterocycles. The van der Waals surface area contributed by atoms with Crippen LogP contribution in [0.5, 0.6) is 0 Å². The van der Waals surface area contributed by atoms with Crippen molar-refractivity contribution in [1.82, 2.24) is 4.90 Å². The van der Waals surface area contributed by atoms with Gasteiger partial charge in [0.15, 0.2) is 5.60 Å². The number of fused-ring (bicyclic) bond motifs is 1. The van der Waals surface area contributed by atoms with E-state index < -0.39 is 5.60 Å². The van der Waals surface area contributed by atoms with E-state index in [9.17, 15) is 9.90 Å². The first-order valence-corrected chi connectivity index (χ1v) is 6.51. The van der Waals surface area contributed by atoms with Gasteiger partial charge in [-0.15, -0.1) is 0 Å². The van der Waals surface area contributed by atoms with Crippen molar-refractivity contribution in [1.29, 1.82) is 0 Å². The maximum absolute atomic E-state index is 12.6. The lowest BCUT2D eigenvalue weighted by molar-refractivity contribution is -0.159. The molecule has 0 spiro atoms. The van der Waals surface area contributed by atoms with Crippen molar-refractivity contribution in [2.45, 2.75) is 51.8 Å². The van der Waals surface area contributed by atoms with Gasteiger partial charge in [0.2, 0.25) is 0 Å². The number of nitrogens with zero attached hydrogens (tertiary/aromatic N) is 1. The second kappa shape index (κ2) is 4.39. The molecule has 1 aromatic carbocycles. The van der Waals surface area contributed by atoms with Gasteiger partial charge >= 0.3 is 0 Å². The molecule has 3 heteroatoms. The van der Waals surface area contributed by atoms with Crippen LogP contribution in [0.25, 0.3) is 0 Å². The molecule has 1 aliphatic carbocycles. The molecule has 2 rings (SSSR count). The smallest absolute Gasteiger partial charge is 0.260 e. The zero-order valence-electron chi connectivity index (χ0n) is 11.5. The van der Waals surface area contributed by atoms with Crippen molar-refractivity contribution in [3.05, 3.63) is 35.4 Å². The van der Waals surface area contributed by atoms with Crippen molar-refractivity contribution >= 4 is 5.91 Å². The van der Waals surface area contributed by atoms with Gasteiger partial charge in [-0.25, -0.2) is 0 Å². The fourth-order valence-corrected chi connectivity index (χ4v) is 2.81. The SMILES string of the molecule is CC(C)N(C(=O)[C@]1(O)Cc2ccccc21)C(C)C. The highest BCUT2D eigenvalue weighted by Gasteiger charge is 2.49. The molecule has 3 nitrogen and oxygen atoms in total. The summed E-state index contributed by atoms with van der Waals surface area (Å²) in [6.45, 7) is 7.91. The van der Waals surface area contributed by atoms with Crippen molar-refractivity contribution in [2.24, 2.45) is 0 Å². The third kappa shape index (κ3) is 1.83. The first-order valence-electron chi connectivity index (χ1n) is 6.51. The minimum atomic E-state index is -1.31. The lowest BCUT2D eigenvalue weighted by Gasteiger charge is -2.43. The van der Waals surface area contributed by atoms with E-state index in [0.29, 0.717) is 6.42 Å². The number of hydrogen-bond donors (Lipinski definition) is 1. The second-order valence-electron chi connectivity index (χ2n) is 5.59. The second-order valence-corrected chi connectivity index (χ2v) is 5.59. The van der Waals surface area contributed by atoms with Crippen LogP contribution >= 0.6 is 0 Å². The summed E-state index contributed by atoms with van der Waals surface area (Å²) in [6.07, 6.45) is 0.429. The molecule has 1 aliphatic rings. The first-order chi connectivity index (χ1) is 8.38. The normalized spacial score (nSPS) is 21.7. The average Bonchev–Trinajstić information content (AvgIpc) is 2.26. The Morgan fingerprint density at radius 1 is 1.22 bits per heavy atom. The van der Waals surface area contributed by atoms with Crippen LogP contribution < -0.4 is 0 Å². The largest absolute Gasteiger partial charge is 0.375 e. The van der Waals surface area contributed by atoms with Gasteiger partial charge in [0.05, 0.1) is 0 Å². The van der Waals surface area contributed by atoms with Crippen molar-refractivity contribution in [3.63, 3.8) is 0 Å². The Morgan fingerprint density at radius 3 is 2.28 bits per heavy atom. The predicted molar refractivity (Wildman–Crippen MR) is 71.2 cm³/mol. The van der Waals surface area contributed by atoms with E-state index in [1.807, 2.05) is 52.0 Å². The summed E-state index contributed by atoms with van der Waals surface area (Å²) in [4.78, 5) is 14.3. The number of carbonyl (C=O) groups is 1. The summed E-state index contributed by atoms with van der Waals surface area (Å²) >= 11 is 0. The number of carbonyl (C=O) groups excluding carboxylic acids is 1. The average molecular weight is 247 g/mol. The standard InChI is InChI=1S/C15H21NO2/c1-10(2)16(11(3)4)14(17)15(18)9-12-7-5-6-8-13(12)15/h5-8,10-11,18H,9H2,1-4H3/t15-/m0/s1. The van der Waals surface area contributed by atoms with Gasteiger partial charge in [0.1, 0.15) is 0 Å². The Kier molecular flexibility index (Phi) is 3.20. The van der Waals surface area contributed by atoms with E-state index >= 15 is 0 Å². The van der Waals surface area contributed by atoms with E-state index in [0.717, 1.165) is 11.1 Å². The summed E-state index contributed by atoms with van der Waals surface area (Å²) in [5, 5.41) is 10.6. The van der Waals surface area contributed by atoms with Crippen molar-refractivity contribution in [3.8, 4) is 0 Å². The van der Waals surface area contributed by atoms with E-state index in [4.69, 9.17) is 0 Å². The summed E-state index contributed by atoms with van der Waals surface area (Å²) in [7, 11) is 0. The van der Waals surface area contributed by atoms with Crippen LogP contribution in [0.1, 0.15) is 38.8 Å². The highest BCUT2D eigenvalue weighted by Crippen LogP contribution is 2.40. The molecule has 0 saturated heterocycles. The molecule has 0 radical (unpaired) electrons. The van der Waals surface area contributed by atoms with Crippen LogP contribution in [-0.2, 0) is 16.8 Å². The molecule has 1 atom stereocenters. The summed E-state index contributed by atoms with van der Waals surface area (Å²) < 4.78 is 0. The van der Waals surface area contributed by atoms with E-state index in [-0.39, 0.29) is 18.0 Å². The Balaban J connectivity index is 2.31. The topological polar surface area (TPSA) is 40.5 Å². The van der Waals surface area contributed by atoms with Crippen molar-refractivity contribution in [2.75, 3.05) is 0 Å². The Morgan fingerprint density at radius 2 is 1.78 bits per heavy atom. The third-order valence-electron chi connectivity index (χ3n) is 3.61. The van der Waals surface area contributed by atoms with Gasteiger partial charge in [-0.1, -0.05) is 24.3 Å². The molecule has 1 N–H and O–H groups in total. The quantitative estimate of drug-likeness (QED) is 0.888. The van der Waals surface area contributed by atoms with E-state index in [2.05, 4.69) is 0 Å². The van der Waals surface area contributed by atoms with Gasteiger partial charge in [0, 0.05) is 18.5 Å². The predicted octanol–water partition coefficient (Wildman–Crippen LogP) is 2.08. The van der Waals surface area contributed by atoms with Crippen LogP contribution in [0, 0.1) is 0 Å². The van der Waals surface area contributed by atoms with Crippen LogP contribution in [0.3, 0.4) is 0 Å². The Labute approximate surface area is 108 Å². The van der Waals surface area contributed by atoms with Crippen LogP contribution in [0.15, 0.2) is 24.3 Å². The van der Waals surface area contributed by atoms with Crippen molar-refractivity contribution < 1.29 is 9.90 Å². The molecule has 0 fully saturated rings. The van der Waals surface area contributed by atoms with Gasteiger partial charge < -0.3 is 10.0 Å². The molecule has 0 unspecified atom stereocenters. The number of hydrogen-bond acceptors (Lipinski definition) is 2. The molecule has 0 bridgehead atoms. The molecule has 18 heavy (non-hydrogen) atoms. The zero-order chi connectivity index (χ0) is 13.5. The summed E-state index contributed by atoms with van der Waals surface area (Å²) in [5.74, 6) is -0.175. The third-order valence-corrected chi connectivity index (χ3v) is 3.61. The Hall–Kier alpha value is -1.35. The highest BCUT2D eigenvalue weighted by atomic mass is 16.3. The Bertz CT molecular complexity index is 459. The number of rotatable bonds is 3. The molecule has 0 aliphatic heterocycles. The summed E-state index contributed by atoms with van der Waals surface area (Å²) in [5.41, 5.74) is 0.521. The lowest BCUT2D eigenvalue weighted by atomic mass is 9.72. The molecule has 0 heterocycles. The van der Waals surface area contributed by atoms with E-state index in [1.54, 1.807) is 4.90 Å². The van der Waals surface area contributed by atoms with Gasteiger partial charge in [0.25, 0.3) is 5.91 Å². The zero-order valence-corrected chi connectivity index (χ0v) is 11.5. The maximum atomic E-state index is 12.6. The monoisotopic (exact) mass is 247 g/mol. The molecular weight excluding hydrogens is 226 g/mol. The molecule has 1 amide bonds. The van der Waals surface area contributed by atoms with Gasteiger partial charge in [-0.2, -0.15) is 0 Å². The van der Waals surface area contributed by atoms with E-state index in [1.165, 1.54) is 0 Å². The fourth-order valence-electron chi connectivity index (χ4n) is 2.81. The number of aliphatic hydroxyl groups is 1. The van der Waals surface area contributed by atoms with Crippen LogP contribution in [0.4, 0.5) is 0 Å². The molecule has 98 valence electrons. The first kappa shape index (κ1) is 13.1. The molecule has 0 saturated carbocycles. The van der Waals surface area contributed by atoms with Crippen LogP contribution in [0.2, 0.25) is 0 Å².